The van der Waals surface area contributed by atoms with E-state index in [1.165, 1.54) is 18.2 Å². The summed E-state index contributed by atoms with van der Waals surface area (Å²) in [4.78, 5) is 26.5. The summed E-state index contributed by atoms with van der Waals surface area (Å²) in [5.41, 5.74) is 3.19. The molecule has 33 heavy (non-hydrogen) atoms. The number of rotatable bonds is 4. The SMILES string of the molecule is C=CC(=O)N1CCc2cc(NC(=O)c3ccccc3)c(-c3ccc(C(F)(F)F)cc3)cc2C1. The van der Waals surface area contributed by atoms with Gasteiger partial charge in [-0.15, -0.1) is 0 Å². The minimum absolute atomic E-state index is 0.182. The van der Waals surface area contributed by atoms with Gasteiger partial charge in [0.05, 0.1) is 5.56 Å². The van der Waals surface area contributed by atoms with Crippen molar-refractivity contribution in [3.63, 3.8) is 0 Å². The van der Waals surface area contributed by atoms with Crippen LogP contribution in [-0.2, 0) is 23.9 Å². The standard InChI is InChI=1S/C26H21F3N2O2/c1-2-24(32)31-13-12-19-15-23(30-25(33)18-6-4-3-5-7-18)22(14-20(19)16-31)17-8-10-21(11-9-17)26(27,28)29/h2-11,14-15H,1,12-13,16H2,(H,30,33). The number of hydrogen-bond donors (Lipinski definition) is 1. The molecule has 0 bridgehead atoms. The molecule has 168 valence electrons. The van der Waals surface area contributed by atoms with Crippen molar-refractivity contribution in [2.75, 3.05) is 11.9 Å². The van der Waals surface area contributed by atoms with E-state index in [2.05, 4.69) is 11.9 Å². The van der Waals surface area contributed by atoms with Crippen molar-refractivity contribution in [3.05, 3.63) is 102 Å². The van der Waals surface area contributed by atoms with E-state index < -0.39 is 11.7 Å². The summed E-state index contributed by atoms with van der Waals surface area (Å²) in [5.74, 6) is -0.499. The highest BCUT2D eigenvalue weighted by Gasteiger charge is 2.30. The molecule has 0 fully saturated rings. The second kappa shape index (κ2) is 8.94. The monoisotopic (exact) mass is 450 g/mol. The Labute approximate surface area is 189 Å². The van der Waals surface area contributed by atoms with Gasteiger partial charge in [0.1, 0.15) is 0 Å². The van der Waals surface area contributed by atoms with Crippen molar-refractivity contribution in [2.45, 2.75) is 19.1 Å². The molecule has 0 radical (unpaired) electrons. The predicted molar refractivity (Wildman–Crippen MR) is 121 cm³/mol. The van der Waals surface area contributed by atoms with Crippen LogP contribution in [0, 0.1) is 0 Å². The summed E-state index contributed by atoms with van der Waals surface area (Å²) in [5, 5.41) is 2.91. The van der Waals surface area contributed by atoms with E-state index in [1.54, 1.807) is 35.2 Å². The second-order valence-corrected chi connectivity index (χ2v) is 7.78. The lowest BCUT2D eigenvalue weighted by atomic mass is 9.92. The highest BCUT2D eigenvalue weighted by atomic mass is 19.4. The number of hydrogen-bond acceptors (Lipinski definition) is 2. The molecule has 1 aliphatic rings. The lowest BCUT2D eigenvalue weighted by molar-refractivity contribution is -0.137. The van der Waals surface area contributed by atoms with E-state index in [4.69, 9.17) is 0 Å². The third kappa shape index (κ3) is 4.82. The molecule has 0 aliphatic carbocycles. The Kier molecular flexibility index (Phi) is 6.05. The third-order valence-electron chi connectivity index (χ3n) is 5.65. The summed E-state index contributed by atoms with van der Waals surface area (Å²) in [6.07, 6.45) is -2.59. The van der Waals surface area contributed by atoms with Crippen LogP contribution in [0.1, 0.15) is 27.0 Å². The predicted octanol–water partition coefficient (Wildman–Crippen LogP) is 5.70. The van der Waals surface area contributed by atoms with Crippen molar-refractivity contribution in [1.29, 1.82) is 0 Å². The van der Waals surface area contributed by atoms with E-state index in [-0.39, 0.29) is 11.8 Å². The number of nitrogens with zero attached hydrogens (tertiary/aromatic N) is 1. The summed E-state index contributed by atoms with van der Waals surface area (Å²) in [6, 6.07) is 17.2. The number of benzene rings is 3. The number of anilines is 1. The number of alkyl halides is 3. The Morgan fingerprint density at radius 1 is 0.970 bits per heavy atom. The Morgan fingerprint density at radius 2 is 1.67 bits per heavy atom. The third-order valence-corrected chi connectivity index (χ3v) is 5.65. The normalized spacial score (nSPS) is 13.2. The molecule has 1 heterocycles. The molecule has 0 saturated carbocycles. The summed E-state index contributed by atoms with van der Waals surface area (Å²) in [6.45, 7) is 4.41. The molecule has 0 atom stereocenters. The van der Waals surface area contributed by atoms with E-state index in [1.807, 2.05) is 12.1 Å². The van der Waals surface area contributed by atoms with Gasteiger partial charge in [0.25, 0.3) is 5.91 Å². The molecule has 0 aromatic heterocycles. The van der Waals surface area contributed by atoms with Crippen LogP contribution in [0.15, 0.2) is 79.4 Å². The fourth-order valence-corrected chi connectivity index (χ4v) is 3.89. The molecular weight excluding hydrogens is 429 g/mol. The van der Waals surface area contributed by atoms with Crippen molar-refractivity contribution >= 4 is 17.5 Å². The van der Waals surface area contributed by atoms with Gasteiger partial charge in [-0.2, -0.15) is 13.2 Å². The van der Waals surface area contributed by atoms with Crippen molar-refractivity contribution in [2.24, 2.45) is 0 Å². The van der Waals surface area contributed by atoms with Crippen molar-refractivity contribution in [3.8, 4) is 11.1 Å². The first-order valence-electron chi connectivity index (χ1n) is 10.4. The van der Waals surface area contributed by atoms with Crippen LogP contribution in [-0.4, -0.2) is 23.3 Å². The molecule has 3 aromatic rings. The van der Waals surface area contributed by atoms with E-state index in [0.29, 0.717) is 41.9 Å². The van der Waals surface area contributed by atoms with E-state index >= 15 is 0 Å². The number of nitrogens with one attached hydrogen (secondary N) is 1. The maximum absolute atomic E-state index is 13.0. The highest BCUT2D eigenvalue weighted by molar-refractivity contribution is 6.06. The average molecular weight is 450 g/mol. The number of carbonyl (C=O) groups is 2. The molecule has 0 unspecified atom stereocenters. The number of amides is 2. The van der Waals surface area contributed by atoms with Gasteiger partial charge in [-0.3, -0.25) is 9.59 Å². The smallest absolute Gasteiger partial charge is 0.335 e. The van der Waals surface area contributed by atoms with Gasteiger partial charge in [-0.05, 0) is 65.6 Å². The molecule has 1 aliphatic heterocycles. The molecule has 2 amide bonds. The Hall–Kier alpha value is -3.87. The summed E-state index contributed by atoms with van der Waals surface area (Å²) in [7, 11) is 0. The van der Waals surface area contributed by atoms with Gasteiger partial charge in [0.2, 0.25) is 5.91 Å². The summed E-state index contributed by atoms with van der Waals surface area (Å²) >= 11 is 0. The molecule has 4 nitrogen and oxygen atoms in total. The number of halogens is 3. The van der Waals surface area contributed by atoms with Crippen LogP contribution in [0.3, 0.4) is 0 Å². The Morgan fingerprint density at radius 3 is 2.30 bits per heavy atom. The zero-order valence-corrected chi connectivity index (χ0v) is 17.7. The van der Waals surface area contributed by atoms with Crippen molar-refractivity contribution < 1.29 is 22.8 Å². The Bertz CT molecular complexity index is 1200. The van der Waals surface area contributed by atoms with Crippen LogP contribution in [0.5, 0.6) is 0 Å². The molecular formula is C26H21F3N2O2. The average Bonchev–Trinajstić information content (AvgIpc) is 2.83. The lowest BCUT2D eigenvalue weighted by Gasteiger charge is -2.29. The van der Waals surface area contributed by atoms with Gasteiger partial charge in [-0.25, -0.2) is 0 Å². The van der Waals surface area contributed by atoms with Crippen molar-refractivity contribution in [1.82, 2.24) is 4.90 Å². The quantitative estimate of drug-likeness (QED) is 0.519. The van der Waals surface area contributed by atoms with Crippen LogP contribution >= 0.6 is 0 Å². The molecule has 1 N–H and O–H groups in total. The fourth-order valence-electron chi connectivity index (χ4n) is 3.89. The Balaban J connectivity index is 1.75. The van der Waals surface area contributed by atoms with E-state index in [9.17, 15) is 22.8 Å². The largest absolute Gasteiger partial charge is 0.416 e. The molecule has 3 aromatic carbocycles. The number of carbonyl (C=O) groups excluding carboxylic acids is 2. The van der Waals surface area contributed by atoms with Crippen LogP contribution in [0.25, 0.3) is 11.1 Å². The first-order chi connectivity index (χ1) is 15.8. The first kappa shape index (κ1) is 22.3. The molecule has 4 rings (SSSR count). The maximum Gasteiger partial charge on any atom is 0.416 e. The lowest BCUT2D eigenvalue weighted by Crippen LogP contribution is -2.34. The van der Waals surface area contributed by atoms with Crippen LogP contribution in [0.4, 0.5) is 18.9 Å². The fraction of sp³-hybridized carbons (Fsp3) is 0.154. The van der Waals surface area contributed by atoms with Gasteiger partial charge in [-0.1, -0.05) is 36.9 Å². The minimum Gasteiger partial charge on any atom is -0.335 e. The van der Waals surface area contributed by atoms with Crippen LogP contribution in [0.2, 0.25) is 0 Å². The van der Waals surface area contributed by atoms with Gasteiger partial charge < -0.3 is 10.2 Å². The highest BCUT2D eigenvalue weighted by Crippen LogP contribution is 2.36. The van der Waals surface area contributed by atoms with Gasteiger partial charge in [0.15, 0.2) is 0 Å². The maximum atomic E-state index is 13.0. The zero-order chi connectivity index (χ0) is 23.6. The second-order valence-electron chi connectivity index (χ2n) is 7.78. The van der Waals surface area contributed by atoms with Gasteiger partial charge in [0, 0.05) is 29.9 Å². The zero-order valence-electron chi connectivity index (χ0n) is 17.7. The molecule has 0 spiro atoms. The van der Waals surface area contributed by atoms with Crippen LogP contribution < -0.4 is 5.32 Å². The topological polar surface area (TPSA) is 49.4 Å². The molecule has 7 heteroatoms. The summed E-state index contributed by atoms with van der Waals surface area (Å²) < 4.78 is 39.1. The minimum atomic E-state index is -4.44. The first-order valence-corrected chi connectivity index (χ1v) is 10.4. The molecule has 0 saturated heterocycles. The number of fused-ring (bicyclic) bond motifs is 1. The van der Waals surface area contributed by atoms with E-state index in [0.717, 1.165) is 23.3 Å². The van der Waals surface area contributed by atoms with Gasteiger partial charge >= 0.3 is 6.18 Å².